The molecule has 0 atom stereocenters. The Balaban J connectivity index is 1.63. The van der Waals surface area contributed by atoms with E-state index >= 15 is 0 Å². The van der Waals surface area contributed by atoms with Gasteiger partial charge in [0.05, 0.1) is 10.5 Å². The zero-order valence-electron chi connectivity index (χ0n) is 14.6. The number of carbonyl (C=O) groups excluding carboxylic acids is 1. The fourth-order valence-electron chi connectivity index (χ4n) is 2.54. The third-order valence-electron chi connectivity index (χ3n) is 4.08. The summed E-state index contributed by atoms with van der Waals surface area (Å²) in [5.41, 5.74) is 2.97. The van der Waals surface area contributed by atoms with E-state index in [-0.39, 0.29) is 12.2 Å². The molecule has 0 bridgehead atoms. The molecular weight excluding hydrogens is 386 g/mol. The van der Waals surface area contributed by atoms with Gasteiger partial charge in [-0.15, -0.1) is 0 Å². The molecule has 0 aliphatic rings. The van der Waals surface area contributed by atoms with Crippen LogP contribution in [0.2, 0.25) is 0 Å². The van der Waals surface area contributed by atoms with E-state index < -0.39 is 26.5 Å². The molecule has 0 saturated heterocycles. The van der Waals surface area contributed by atoms with Gasteiger partial charge >= 0.3 is 11.7 Å². The molecule has 0 aromatic heterocycles. The Morgan fingerprint density at radius 3 is 1.96 bits per heavy atom. The molecule has 4 nitrogen and oxygen atoms in total. The average Bonchev–Trinajstić information content (AvgIpc) is 2.73. The van der Waals surface area contributed by atoms with Crippen LogP contribution in [0, 0.1) is 0 Å². The maximum atomic E-state index is 12.5. The molecule has 0 spiro atoms. The normalized spacial score (nSPS) is 11.4. The molecular formula is C21H16F2O4S. The average molecular weight is 402 g/mol. The molecule has 0 aliphatic heterocycles. The van der Waals surface area contributed by atoms with Crippen LogP contribution in [0.15, 0.2) is 83.8 Å². The number of alkyl halides is 2. The highest BCUT2D eigenvalue weighted by molar-refractivity contribution is 7.91. The highest BCUT2D eigenvalue weighted by Crippen LogP contribution is 2.21. The lowest BCUT2D eigenvalue weighted by atomic mass is 10.0. The van der Waals surface area contributed by atoms with Crippen LogP contribution in [0.3, 0.4) is 0 Å². The summed E-state index contributed by atoms with van der Waals surface area (Å²) in [6, 6.07) is 21.6. The number of sulfone groups is 1. The van der Waals surface area contributed by atoms with Crippen LogP contribution >= 0.6 is 0 Å². The van der Waals surface area contributed by atoms with Crippen molar-refractivity contribution in [3.8, 4) is 11.1 Å². The summed E-state index contributed by atoms with van der Waals surface area (Å²) < 4.78 is 53.0. The highest BCUT2D eigenvalue weighted by atomic mass is 32.2. The number of carbonyl (C=O) groups is 1. The number of ether oxygens (including phenoxy) is 1. The molecule has 0 N–H and O–H groups in total. The lowest BCUT2D eigenvalue weighted by molar-refractivity contribution is 0.0472. The molecule has 3 aromatic carbocycles. The first-order chi connectivity index (χ1) is 13.4. The van der Waals surface area contributed by atoms with Gasteiger partial charge in [0, 0.05) is 0 Å². The van der Waals surface area contributed by atoms with Crippen molar-refractivity contribution in [2.24, 2.45) is 0 Å². The lowest BCUT2D eigenvalue weighted by Crippen LogP contribution is -2.12. The van der Waals surface area contributed by atoms with E-state index in [4.69, 9.17) is 4.74 Å². The van der Waals surface area contributed by atoms with Crippen molar-refractivity contribution >= 4 is 15.8 Å². The standard InChI is InChI=1S/C21H16F2O4S/c22-21(23)28(25,26)19-12-10-18(11-13-19)20(24)27-14-15-6-8-17(9-7-15)16-4-2-1-3-5-16/h1-13,21H,14H2. The van der Waals surface area contributed by atoms with Crippen molar-refractivity contribution in [3.63, 3.8) is 0 Å². The minimum absolute atomic E-state index is 0.0327. The lowest BCUT2D eigenvalue weighted by Gasteiger charge is -2.07. The highest BCUT2D eigenvalue weighted by Gasteiger charge is 2.26. The van der Waals surface area contributed by atoms with Crippen LogP contribution in [0.4, 0.5) is 8.78 Å². The van der Waals surface area contributed by atoms with E-state index in [0.29, 0.717) is 0 Å². The first-order valence-electron chi connectivity index (χ1n) is 8.31. The number of benzene rings is 3. The fourth-order valence-corrected chi connectivity index (χ4v) is 3.26. The zero-order chi connectivity index (χ0) is 20.1. The number of halogens is 2. The van der Waals surface area contributed by atoms with E-state index in [9.17, 15) is 22.0 Å². The summed E-state index contributed by atoms with van der Waals surface area (Å²) in [5.74, 6) is -4.18. The van der Waals surface area contributed by atoms with Crippen molar-refractivity contribution in [1.29, 1.82) is 0 Å². The van der Waals surface area contributed by atoms with Crippen LogP contribution in [0.5, 0.6) is 0 Å². The summed E-state index contributed by atoms with van der Waals surface area (Å²) >= 11 is 0. The molecule has 28 heavy (non-hydrogen) atoms. The molecule has 3 aromatic rings. The van der Waals surface area contributed by atoms with Crippen molar-refractivity contribution in [1.82, 2.24) is 0 Å². The van der Waals surface area contributed by atoms with E-state index in [0.717, 1.165) is 41.0 Å². The number of hydrogen-bond donors (Lipinski definition) is 0. The largest absolute Gasteiger partial charge is 0.457 e. The summed E-state index contributed by atoms with van der Waals surface area (Å²) in [6.45, 7) is 0.0327. The monoisotopic (exact) mass is 402 g/mol. The molecule has 0 radical (unpaired) electrons. The van der Waals surface area contributed by atoms with E-state index in [1.54, 1.807) is 0 Å². The van der Waals surface area contributed by atoms with Crippen LogP contribution < -0.4 is 0 Å². The van der Waals surface area contributed by atoms with Gasteiger partial charge in [0.1, 0.15) is 6.61 Å². The Morgan fingerprint density at radius 1 is 0.821 bits per heavy atom. The van der Waals surface area contributed by atoms with Crippen molar-refractivity contribution < 1.29 is 26.7 Å². The molecule has 3 rings (SSSR count). The summed E-state index contributed by atoms with van der Waals surface area (Å²) in [4.78, 5) is 11.5. The Hall–Kier alpha value is -3.06. The molecule has 0 aliphatic carbocycles. The van der Waals surface area contributed by atoms with Crippen molar-refractivity contribution in [3.05, 3.63) is 90.0 Å². The Bertz CT molecular complexity index is 1050. The second-order valence-electron chi connectivity index (χ2n) is 5.97. The molecule has 0 unspecified atom stereocenters. The molecule has 0 heterocycles. The van der Waals surface area contributed by atoms with E-state index in [1.807, 2.05) is 54.6 Å². The molecule has 0 fully saturated rings. The summed E-state index contributed by atoms with van der Waals surface area (Å²) in [7, 11) is -4.69. The third-order valence-corrected chi connectivity index (χ3v) is 5.48. The molecule has 0 saturated carbocycles. The van der Waals surface area contributed by atoms with Gasteiger partial charge in [-0.3, -0.25) is 0 Å². The quantitative estimate of drug-likeness (QED) is 0.561. The van der Waals surface area contributed by atoms with Crippen LogP contribution in [0.25, 0.3) is 11.1 Å². The van der Waals surface area contributed by atoms with Gasteiger partial charge in [0.15, 0.2) is 0 Å². The van der Waals surface area contributed by atoms with Gasteiger partial charge in [-0.2, -0.15) is 8.78 Å². The number of esters is 1. The predicted octanol–water partition coefficient (Wildman–Crippen LogP) is 4.71. The number of rotatable bonds is 6. The number of hydrogen-bond acceptors (Lipinski definition) is 4. The first-order valence-corrected chi connectivity index (χ1v) is 9.86. The topological polar surface area (TPSA) is 60.4 Å². The van der Waals surface area contributed by atoms with Gasteiger partial charge in [0.2, 0.25) is 9.84 Å². The third kappa shape index (κ3) is 4.43. The first kappa shape index (κ1) is 19.7. The second kappa shape index (κ2) is 8.31. The summed E-state index contributed by atoms with van der Waals surface area (Å²) in [5, 5.41) is 0. The molecule has 7 heteroatoms. The minimum atomic E-state index is -4.69. The van der Waals surface area contributed by atoms with Crippen LogP contribution in [0.1, 0.15) is 15.9 Å². The van der Waals surface area contributed by atoms with Crippen LogP contribution in [-0.4, -0.2) is 20.1 Å². The second-order valence-corrected chi connectivity index (χ2v) is 7.89. The summed E-state index contributed by atoms with van der Waals surface area (Å²) in [6.07, 6.45) is 0. The Morgan fingerprint density at radius 2 is 1.39 bits per heavy atom. The predicted molar refractivity (Wildman–Crippen MR) is 101 cm³/mol. The Kier molecular flexibility index (Phi) is 5.84. The van der Waals surface area contributed by atoms with Gasteiger partial charge in [-0.25, -0.2) is 13.2 Å². The van der Waals surface area contributed by atoms with E-state index in [1.165, 1.54) is 0 Å². The maximum Gasteiger partial charge on any atom is 0.341 e. The fraction of sp³-hybridized carbons (Fsp3) is 0.0952. The van der Waals surface area contributed by atoms with Gasteiger partial charge < -0.3 is 4.74 Å². The zero-order valence-corrected chi connectivity index (χ0v) is 15.4. The maximum absolute atomic E-state index is 12.5. The van der Waals surface area contributed by atoms with Crippen molar-refractivity contribution in [2.45, 2.75) is 17.3 Å². The van der Waals surface area contributed by atoms with Gasteiger partial charge in [-0.05, 0) is 41.0 Å². The molecule has 0 amide bonds. The van der Waals surface area contributed by atoms with Crippen LogP contribution in [-0.2, 0) is 21.2 Å². The SMILES string of the molecule is O=C(OCc1ccc(-c2ccccc2)cc1)c1ccc(S(=O)(=O)C(F)F)cc1. The smallest absolute Gasteiger partial charge is 0.341 e. The van der Waals surface area contributed by atoms with Gasteiger partial charge in [-0.1, -0.05) is 54.6 Å². The van der Waals surface area contributed by atoms with E-state index in [2.05, 4.69) is 0 Å². The Labute approximate surface area is 161 Å². The minimum Gasteiger partial charge on any atom is -0.457 e. The van der Waals surface area contributed by atoms with Gasteiger partial charge in [0.25, 0.3) is 0 Å². The molecule has 144 valence electrons. The van der Waals surface area contributed by atoms with Crippen molar-refractivity contribution in [2.75, 3.05) is 0 Å².